The predicted octanol–water partition coefficient (Wildman–Crippen LogP) is 2.93. The van der Waals surface area contributed by atoms with Gasteiger partial charge in [-0.05, 0) is 62.8 Å². The predicted molar refractivity (Wildman–Crippen MR) is 60.7 cm³/mol. The van der Waals surface area contributed by atoms with Gasteiger partial charge in [0.1, 0.15) is 0 Å². The second kappa shape index (κ2) is 4.61. The second-order valence-electron chi connectivity index (χ2n) is 4.19. The molecular formula is C13H20O. The highest BCUT2D eigenvalue weighted by molar-refractivity contribution is 5.39. The van der Waals surface area contributed by atoms with E-state index in [1.807, 2.05) is 6.92 Å². The van der Waals surface area contributed by atoms with Crippen molar-refractivity contribution in [3.05, 3.63) is 34.4 Å². The van der Waals surface area contributed by atoms with Crippen LogP contribution in [0, 0.1) is 20.8 Å². The van der Waals surface area contributed by atoms with Crippen LogP contribution < -0.4 is 0 Å². The van der Waals surface area contributed by atoms with E-state index in [0.29, 0.717) is 0 Å². The number of benzene rings is 1. The molecule has 78 valence electrons. The van der Waals surface area contributed by atoms with Gasteiger partial charge in [-0.2, -0.15) is 0 Å². The van der Waals surface area contributed by atoms with E-state index < -0.39 is 0 Å². The van der Waals surface area contributed by atoms with Gasteiger partial charge in [-0.3, -0.25) is 0 Å². The number of aliphatic hydroxyl groups excluding tert-OH is 1. The van der Waals surface area contributed by atoms with Crippen LogP contribution in [0.1, 0.15) is 35.6 Å². The van der Waals surface area contributed by atoms with E-state index in [1.165, 1.54) is 22.3 Å². The Labute approximate surface area is 86.8 Å². The summed E-state index contributed by atoms with van der Waals surface area (Å²) in [7, 11) is 0. The average Bonchev–Trinajstić information content (AvgIpc) is 2.11. The normalized spacial score (nSPS) is 12.9. The Bertz CT molecular complexity index is 313. The molecule has 0 amide bonds. The minimum Gasteiger partial charge on any atom is -0.393 e. The SMILES string of the molecule is Cc1ccc(C)c(CCC(C)O)c1C. The first-order chi connectivity index (χ1) is 6.52. The van der Waals surface area contributed by atoms with Crippen molar-refractivity contribution in [2.24, 2.45) is 0 Å². The first-order valence-electron chi connectivity index (χ1n) is 5.26. The van der Waals surface area contributed by atoms with Crippen LogP contribution in [0.2, 0.25) is 0 Å². The van der Waals surface area contributed by atoms with Crippen LogP contribution in [0.3, 0.4) is 0 Å². The summed E-state index contributed by atoms with van der Waals surface area (Å²) >= 11 is 0. The molecule has 1 atom stereocenters. The van der Waals surface area contributed by atoms with Gasteiger partial charge in [-0.15, -0.1) is 0 Å². The summed E-state index contributed by atoms with van der Waals surface area (Å²) in [6.45, 7) is 8.30. The Balaban J connectivity index is 2.89. The molecule has 1 heteroatoms. The van der Waals surface area contributed by atoms with E-state index >= 15 is 0 Å². The van der Waals surface area contributed by atoms with Crippen LogP contribution in [-0.2, 0) is 6.42 Å². The molecular weight excluding hydrogens is 172 g/mol. The summed E-state index contributed by atoms with van der Waals surface area (Å²) in [5.41, 5.74) is 5.47. The lowest BCUT2D eigenvalue weighted by atomic mass is 9.94. The number of hydrogen-bond donors (Lipinski definition) is 1. The molecule has 0 aliphatic heterocycles. The molecule has 1 aromatic rings. The molecule has 0 saturated heterocycles. The maximum atomic E-state index is 9.26. The molecule has 0 aromatic heterocycles. The molecule has 14 heavy (non-hydrogen) atoms. The molecule has 0 aliphatic carbocycles. The number of aryl methyl sites for hydroxylation is 2. The minimum atomic E-state index is -0.200. The van der Waals surface area contributed by atoms with Crippen molar-refractivity contribution in [1.82, 2.24) is 0 Å². The van der Waals surface area contributed by atoms with Gasteiger partial charge in [0, 0.05) is 0 Å². The van der Waals surface area contributed by atoms with Crippen molar-refractivity contribution < 1.29 is 5.11 Å². The number of rotatable bonds is 3. The van der Waals surface area contributed by atoms with Crippen molar-refractivity contribution >= 4 is 0 Å². The smallest absolute Gasteiger partial charge is 0.0515 e. The lowest BCUT2D eigenvalue weighted by Crippen LogP contribution is -2.04. The molecule has 1 nitrogen and oxygen atoms in total. The number of hydrogen-bond acceptors (Lipinski definition) is 1. The monoisotopic (exact) mass is 192 g/mol. The molecule has 0 bridgehead atoms. The molecule has 1 unspecified atom stereocenters. The van der Waals surface area contributed by atoms with Gasteiger partial charge in [-0.1, -0.05) is 12.1 Å². The summed E-state index contributed by atoms with van der Waals surface area (Å²) in [6.07, 6.45) is 1.64. The largest absolute Gasteiger partial charge is 0.393 e. The van der Waals surface area contributed by atoms with Gasteiger partial charge < -0.3 is 5.11 Å². The van der Waals surface area contributed by atoms with E-state index in [9.17, 15) is 5.11 Å². The van der Waals surface area contributed by atoms with Crippen molar-refractivity contribution in [3.63, 3.8) is 0 Å². The fourth-order valence-corrected chi connectivity index (χ4v) is 1.75. The molecule has 1 N–H and O–H groups in total. The third-order valence-corrected chi connectivity index (χ3v) is 2.92. The zero-order chi connectivity index (χ0) is 10.7. The van der Waals surface area contributed by atoms with Gasteiger partial charge in [0.05, 0.1) is 6.10 Å². The van der Waals surface area contributed by atoms with E-state index in [0.717, 1.165) is 12.8 Å². The molecule has 0 spiro atoms. The van der Waals surface area contributed by atoms with Gasteiger partial charge in [0.2, 0.25) is 0 Å². The van der Waals surface area contributed by atoms with Gasteiger partial charge in [0.25, 0.3) is 0 Å². The van der Waals surface area contributed by atoms with E-state index in [1.54, 1.807) is 0 Å². The first kappa shape index (κ1) is 11.3. The van der Waals surface area contributed by atoms with E-state index in [4.69, 9.17) is 0 Å². The average molecular weight is 192 g/mol. The van der Waals surface area contributed by atoms with Crippen LogP contribution in [0.5, 0.6) is 0 Å². The van der Waals surface area contributed by atoms with Crippen LogP contribution in [0.15, 0.2) is 12.1 Å². The molecule has 0 radical (unpaired) electrons. The quantitative estimate of drug-likeness (QED) is 0.780. The molecule has 1 aromatic carbocycles. The zero-order valence-electron chi connectivity index (χ0n) is 9.59. The Morgan fingerprint density at radius 3 is 2.29 bits per heavy atom. The summed E-state index contributed by atoms with van der Waals surface area (Å²) < 4.78 is 0. The topological polar surface area (TPSA) is 20.2 Å². The molecule has 0 heterocycles. The Hall–Kier alpha value is -0.820. The third-order valence-electron chi connectivity index (χ3n) is 2.92. The van der Waals surface area contributed by atoms with Crippen LogP contribution >= 0.6 is 0 Å². The Morgan fingerprint density at radius 1 is 1.14 bits per heavy atom. The van der Waals surface area contributed by atoms with Crippen molar-refractivity contribution in [3.8, 4) is 0 Å². The standard InChI is InChI=1S/C13H20O/c1-9-5-6-10(2)13(12(9)4)8-7-11(3)14/h5-6,11,14H,7-8H2,1-4H3. The zero-order valence-corrected chi connectivity index (χ0v) is 9.59. The summed E-state index contributed by atoms with van der Waals surface area (Å²) in [4.78, 5) is 0. The van der Waals surface area contributed by atoms with Crippen LogP contribution in [-0.4, -0.2) is 11.2 Å². The maximum Gasteiger partial charge on any atom is 0.0515 e. The van der Waals surface area contributed by atoms with Crippen molar-refractivity contribution in [2.75, 3.05) is 0 Å². The lowest BCUT2D eigenvalue weighted by Gasteiger charge is -2.13. The number of aliphatic hydroxyl groups is 1. The summed E-state index contributed by atoms with van der Waals surface area (Å²) in [5.74, 6) is 0. The van der Waals surface area contributed by atoms with Crippen molar-refractivity contribution in [2.45, 2.75) is 46.6 Å². The Morgan fingerprint density at radius 2 is 1.71 bits per heavy atom. The first-order valence-corrected chi connectivity index (χ1v) is 5.26. The molecule has 0 aliphatic rings. The second-order valence-corrected chi connectivity index (χ2v) is 4.19. The van der Waals surface area contributed by atoms with Crippen molar-refractivity contribution in [1.29, 1.82) is 0 Å². The van der Waals surface area contributed by atoms with E-state index in [-0.39, 0.29) is 6.10 Å². The maximum absolute atomic E-state index is 9.26. The van der Waals surface area contributed by atoms with Crippen LogP contribution in [0.25, 0.3) is 0 Å². The minimum absolute atomic E-state index is 0.200. The molecule has 1 rings (SSSR count). The third kappa shape index (κ3) is 2.58. The fraction of sp³-hybridized carbons (Fsp3) is 0.538. The Kier molecular flexibility index (Phi) is 3.70. The van der Waals surface area contributed by atoms with E-state index in [2.05, 4.69) is 32.9 Å². The molecule has 0 fully saturated rings. The highest BCUT2D eigenvalue weighted by Crippen LogP contribution is 2.19. The van der Waals surface area contributed by atoms with Gasteiger partial charge in [0.15, 0.2) is 0 Å². The van der Waals surface area contributed by atoms with Crippen LogP contribution in [0.4, 0.5) is 0 Å². The summed E-state index contributed by atoms with van der Waals surface area (Å²) in [6, 6.07) is 4.33. The fourth-order valence-electron chi connectivity index (χ4n) is 1.75. The lowest BCUT2D eigenvalue weighted by molar-refractivity contribution is 0.185. The summed E-state index contributed by atoms with van der Waals surface area (Å²) in [5, 5.41) is 9.26. The van der Waals surface area contributed by atoms with Gasteiger partial charge in [-0.25, -0.2) is 0 Å². The van der Waals surface area contributed by atoms with Gasteiger partial charge >= 0.3 is 0 Å². The molecule has 0 saturated carbocycles. The highest BCUT2D eigenvalue weighted by Gasteiger charge is 2.06. The highest BCUT2D eigenvalue weighted by atomic mass is 16.3.